The van der Waals surface area contributed by atoms with E-state index >= 15 is 0 Å². The zero-order chi connectivity index (χ0) is 4.50. The molecule has 0 aromatic carbocycles. The molecule has 0 atom stereocenters. The van der Waals surface area contributed by atoms with E-state index in [0.29, 0.717) is 0 Å². The zero-order valence-electron chi connectivity index (χ0n) is 3.58. The van der Waals surface area contributed by atoms with Crippen molar-refractivity contribution >= 4 is 7.82 Å². The normalized spacial score (nSPS) is 8.43. The van der Waals surface area contributed by atoms with Gasteiger partial charge >= 0.3 is 55.8 Å². The minimum absolute atomic E-state index is 0. The van der Waals surface area contributed by atoms with Gasteiger partial charge in [-0.25, -0.2) is 0 Å². The largest absolute Gasteiger partial charge is 4.00 e. The van der Waals surface area contributed by atoms with Gasteiger partial charge in [-0.05, 0) is 0 Å². The van der Waals surface area contributed by atoms with Crippen LogP contribution in [0, 0.1) is 0 Å². The van der Waals surface area contributed by atoms with Crippen molar-refractivity contribution in [2.45, 2.75) is 0 Å². The Balaban J connectivity index is -0.0000000800. The van der Waals surface area contributed by atoms with Gasteiger partial charge in [0.15, 0.2) is 0 Å². The molecule has 0 amide bonds. The molecule has 0 aromatic rings. The van der Waals surface area contributed by atoms with E-state index in [1.165, 1.54) is 0 Å². The molecule has 0 radical (unpaired) electrons. The van der Waals surface area contributed by atoms with Crippen LogP contribution in [0.4, 0.5) is 0 Å². The molecule has 0 saturated heterocycles. The molecule has 0 aliphatic rings. The first-order chi connectivity index (χ1) is 2.00. The van der Waals surface area contributed by atoms with Gasteiger partial charge in [0.05, 0.1) is 0 Å². The Kier molecular flexibility index (Phi) is 14.0. The fraction of sp³-hybridized carbons (Fsp3) is 0. The molecule has 32 valence electrons. The summed E-state index contributed by atoms with van der Waals surface area (Å²) in [6, 6.07) is 0. The molecule has 0 saturated carbocycles. The van der Waals surface area contributed by atoms with Gasteiger partial charge in [0, 0.05) is 0 Å². The molecule has 0 rings (SSSR count). The number of hydrogen-bond donors (Lipinski definition) is 0. The second kappa shape index (κ2) is 6.12. The van der Waals surface area contributed by atoms with E-state index in [2.05, 4.69) is 0 Å². The summed E-state index contributed by atoms with van der Waals surface area (Å²) in [7, 11) is -5.39. The molecule has 0 fully saturated rings. The SMILES string of the molecule is O=P([O-])([O-])[O-].[Na+].[Zr+4]. The number of rotatable bonds is 0. The molecule has 0 N–H and O–H groups in total. The van der Waals surface area contributed by atoms with Crippen LogP contribution in [0.25, 0.3) is 0 Å². The Morgan fingerprint density at radius 3 is 1.14 bits per heavy atom. The first-order valence-corrected chi connectivity index (χ1v) is 2.19. The third kappa shape index (κ3) is 72.3. The van der Waals surface area contributed by atoms with Crippen molar-refractivity contribution in [2.24, 2.45) is 0 Å². The second-order valence-corrected chi connectivity index (χ2v) is 1.34. The van der Waals surface area contributed by atoms with Gasteiger partial charge in [0.1, 0.15) is 0 Å². The predicted octanol–water partition coefficient (Wildman–Crippen LogP) is -5.82. The van der Waals surface area contributed by atoms with Gasteiger partial charge in [0.2, 0.25) is 0 Å². The van der Waals surface area contributed by atoms with Gasteiger partial charge in [-0.3, -0.25) is 0 Å². The minimum atomic E-state index is -5.39. The Morgan fingerprint density at radius 2 is 1.14 bits per heavy atom. The molecule has 0 heterocycles. The molecular formula is NaO4PZr+2. The van der Waals surface area contributed by atoms with Crippen molar-refractivity contribution in [3.05, 3.63) is 0 Å². The van der Waals surface area contributed by atoms with Crippen LogP contribution in [0.2, 0.25) is 0 Å². The quantitative estimate of drug-likeness (QED) is 0.294. The topological polar surface area (TPSA) is 86.2 Å². The molecule has 0 unspecified atom stereocenters. The first-order valence-electron chi connectivity index (χ1n) is 0.730. The van der Waals surface area contributed by atoms with E-state index in [-0.39, 0.29) is 55.8 Å². The van der Waals surface area contributed by atoms with Crippen LogP contribution in [-0.4, -0.2) is 0 Å². The Labute approximate surface area is 82.0 Å². The van der Waals surface area contributed by atoms with Crippen molar-refractivity contribution < 1.29 is 75.0 Å². The summed E-state index contributed by atoms with van der Waals surface area (Å²) in [5, 5.41) is 0. The third-order valence-corrected chi connectivity index (χ3v) is 0. The van der Waals surface area contributed by atoms with Crippen LogP contribution in [0.15, 0.2) is 0 Å². The molecule has 0 aliphatic heterocycles. The van der Waals surface area contributed by atoms with Gasteiger partial charge < -0.3 is 19.2 Å². The van der Waals surface area contributed by atoms with E-state index in [1.807, 2.05) is 0 Å². The van der Waals surface area contributed by atoms with Crippen LogP contribution in [0.1, 0.15) is 0 Å². The summed E-state index contributed by atoms with van der Waals surface area (Å²) < 4.78 is 8.55. The third-order valence-electron chi connectivity index (χ3n) is 0. The van der Waals surface area contributed by atoms with Crippen molar-refractivity contribution in [3.63, 3.8) is 0 Å². The summed E-state index contributed by atoms with van der Waals surface area (Å²) in [4.78, 5) is 25.6. The Morgan fingerprint density at radius 1 is 1.14 bits per heavy atom. The molecule has 0 spiro atoms. The maximum absolute atomic E-state index is 8.55. The van der Waals surface area contributed by atoms with Crippen LogP contribution in [-0.2, 0) is 30.8 Å². The fourth-order valence-corrected chi connectivity index (χ4v) is 0. The summed E-state index contributed by atoms with van der Waals surface area (Å²) in [6.07, 6.45) is 0. The number of hydrogen-bond acceptors (Lipinski definition) is 4. The molecular weight excluding hydrogens is 209 g/mol. The van der Waals surface area contributed by atoms with Gasteiger partial charge in [-0.1, -0.05) is 0 Å². The molecule has 4 nitrogen and oxygen atoms in total. The summed E-state index contributed by atoms with van der Waals surface area (Å²) in [5.41, 5.74) is 0. The van der Waals surface area contributed by atoms with Crippen LogP contribution in [0.3, 0.4) is 0 Å². The van der Waals surface area contributed by atoms with Crippen molar-refractivity contribution in [2.75, 3.05) is 0 Å². The molecule has 0 aromatic heterocycles. The van der Waals surface area contributed by atoms with Gasteiger partial charge in [-0.15, -0.1) is 0 Å². The van der Waals surface area contributed by atoms with Gasteiger partial charge in [0.25, 0.3) is 0 Å². The van der Waals surface area contributed by atoms with Crippen molar-refractivity contribution in [1.29, 1.82) is 0 Å². The maximum atomic E-state index is 8.55. The monoisotopic (exact) mass is 208 g/mol. The van der Waals surface area contributed by atoms with Crippen LogP contribution >= 0.6 is 7.82 Å². The van der Waals surface area contributed by atoms with E-state index in [9.17, 15) is 0 Å². The standard InChI is InChI=1S/Na.H3O4P.Zr/c;1-5(2,3)4;/h;(H3,1,2,3,4);/q+1;;+4/p-3. The van der Waals surface area contributed by atoms with Gasteiger partial charge in [-0.2, -0.15) is 7.82 Å². The van der Waals surface area contributed by atoms with Crippen molar-refractivity contribution in [1.82, 2.24) is 0 Å². The van der Waals surface area contributed by atoms with E-state index in [0.717, 1.165) is 0 Å². The predicted molar refractivity (Wildman–Crippen MR) is 7.61 cm³/mol. The average Bonchev–Trinajstić information content (AvgIpc) is 0.722. The molecule has 0 aliphatic carbocycles. The van der Waals surface area contributed by atoms with Crippen LogP contribution in [0.5, 0.6) is 0 Å². The summed E-state index contributed by atoms with van der Waals surface area (Å²) in [5.74, 6) is 0. The second-order valence-electron chi connectivity index (χ2n) is 0.447. The zero-order valence-corrected chi connectivity index (χ0v) is 8.93. The van der Waals surface area contributed by atoms with Crippen LogP contribution < -0.4 is 44.2 Å². The summed E-state index contributed by atoms with van der Waals surface area (Å²) in [6.45, 7) is 0. The summed E-state index contributed by atoms with van der Waals surface area (Å²) >= 11 is 0. The van der Waals surface area contributed by atoms with E-state index < -0.39 is 7.82 Å². The molecule has 7 heavy (non-hydrogen) atoms. The van der Waals surface area contributed by atoms with E-state index in [1.54, 1.807) is 0 Å². The first kappa shape index (κ1) is 16.0. The maximum Gasteiger partial charge on any atom is 4.00 e. The molecule has 7 heteroatoms. The Bertz CT molecular complexity index is 57.8. The smallest absolute Gasteiger partial charge is 0.822 e. The average molecular weight is 209 g/mol. The van der Waals surface area contributed by atoms with E-state index in [4.69, 9.17) is 19.2 Å². The number of phosphoric acid groups is 1. The van der Waals surface area contributed by atoms with Crippen molar-refractivity contribution in [3.8, 4) is 0 Å². The molecule has 0 bridgehead atoms. The Hall–Kier alpha value is 1.99. The fourth-order valence-electron chi connectivity index (χ4n) is 0. The minimum Gasteiger partial charge on any atom is -0.822 e.